The molecule has 5 nitrogen and oxygen atoms in total. The Hall–Kier alpha value is -2.56. The van der Waals surface area contributed by atoms with Gasteiger partial charge in [-0.15, -0.1) is 0 Å². The van der Waals surface area contributed by atoms with Crippen molar-refractivity contribution in [2.75, 3.05) is 7.11 Å². The number of methoxy groups -OCH3 is 1. The van der Waals surface area contributed by atoms with Gasteiger partial charge in [0.05, 0.1) is 12.8 Å². The largest absolute Gasteiger partial charge is 0.497 e. The summed E-state index contributed by atoms with van der Waals surface area (Å²) < 4.78 is 6.67. The summed E-state index contributed by atoms with van der Waals surface area (Å²) in [5.41, 5.74) is 0.740. The lowest BCUT2D eigenvalue weighted by atomic mass is 10.1. The highest BCUT2D eigenvalue weighted by Crippen LogP contribution is 2.25. The van der Waals surface area contributed by atoms with Crippen LogP contribution in [0.25, 0.3) is 11.3 Å². The molecule has 2 rings (SSSR count). The molecule has 0 aliphatic carbocycles. The lowest BCUT2D eigenvalue weighted by Gasteiger charge is -2.17. The Labute approximate surface area is 122 Å². The van der Waals surface area contributed by atoms with E-state index in [2.05, 4.69) is 0 Å². The van der Waals surface area contributed by atoms with E-state index in [4.69, 9.17) is 9.84 Å². The molecule has 1 heterocycles. The van der Waals surface area contributed by atoms with Crippen LogP contribution in [0.4, 0.5) is 0 Å². The molecule has 2 aromatic rings. The van der Waals surface area contributed by atoms with Crippen LogP contribution < -0.4 is 10.3 Å². The minimum Gasteiger partial charge on any atom is -0.497 e. The van der Waals surface area contributed by atoms with Crippen LogP contribution >= 0.6 is 0 Å². The normalized spacial score (nSPS) is 10.7. The van der Waals surface area contributed by atoms with Gasteiger partial charge in [-0.3, -0.25) is 4.79 Å². The number of carbonyl (C=O) groups is 1. The maximum atomic E-state index is 12.4. The maximum absolute atomic E-state index is 12.4. The third-order valence-electron chi connectivity index (χ3n) is 3.23. The lowest BCUT2D eigenvalue weighted by Crippen LogP contribution is -2.28. The van der Waals surface area contributed by atoms with Gasteiger partial charge in [-0.1, -0.05) is 12.1 Å². The van der Waals surface area contributed by atoms with Crippen LogP contribution in [0.5, 0.6) is 5.75 Å². The van der Waals surface area contributed by atoms with Crippen LogP contribution in [0.2, 0.25) is 0 Å². The van der Waals surface area contributed by atoms with Crippen molar-refractivity contribution < 1.29 is 14.6 Å². The molecule has 0 saturated carbocycles. The quantitative estimate of drug-likeness (QED) is 0.938. The van der Waals surface area contributed by atoms with E-state index in [9.17, 15) is 9.59 Å². The number of ether oxygens (including phenoxy) is 1. The molecule has 0 fully saturated rings. The van der Waals surface area contributed by atoms with Crippen molar-refractivity contribution in [3.63, 3.8) is 0 Å². The molecule has 0 amide bonds. The number of pyridine rings is 1. The third-order valence-corrected chi connectivity index (χ3v) is 3.23. The van der Waals surface area contributed by atoms with E-state index in [-0.39, 0.29) is 11.6 Å². The average molecular weight is 287 g/mol. The van der Waals surface area contributed by atoms with Crippen molar-refractivity contribution >= 4 is 5.97 Å². The minimum absolute atomic E-state index is 0.155. The van der Waals surface area contributed by atoms with Gasteiger partial charge in [-0.25, -0.2) is 4.79 Å². The molecule has 0 aliphatic rings. The second-order valence-corrected chi connectivity index (χ2v) is 4.94. The first-order chi connectivity index (χ1) is 9.95. The molecule has 0 bridgehead atoms. The highest BCUT2D eigenvalue weighted by atomic mass is 16.5. The second-order valence-electron chi connectivity index (χ2n) is 4.94. The zero-order valence-electron chi connectivity index (χ0n) is 12.2. The van der Waals surface area contributed by atoms with E-state index in [0.29, 0.717) is 11.4 Å². The van der Waals surface area contributed by atoms with Crippen molar-refractivity contribution in [2.24, 2.45) is 0 Å². The van der Waals surface area contributed by atoms with E-state index >= 15 is 0 Å². The Morgan fingerprint density at radius 2 is 1.95 bits per heavy atom. The first-order valence-electron chi connectivity index (χ1n) is 6.59. The Bertz CT molecular complexity index is 731. The fourth-order valence-electron chi connectivity index (χ4n) is 2.25. The number of carboxylic acid groups (broad SMARTS) is 1. The molecule has 0 spiro atoms. The highest BCUT2D eigenvalue weighted by molar-refractivity contribution is 5.87. The Balaban J connectivity index is 2.71. The van der Waals surface area contributed by atoms with Crippen LogP contribution in [0, 0.1) is 0 Å². The topological polar surface area (TPSA) is 68.5 Å². The summed E-state index contributed by atoms with van der Waals surface area (Å²) in [6.45, 7) is 3.69. The van der Waals surface area contributed by atoms with Crippen LogP contribution in [-0.2, 0) is 0 Å². The number of hydrogen-bond donors (Lipinski definition) is 1. The molecule has 0 atom stereocenters. The van der Waals surface area contributed by atoms with E-state index in [0.717, 1.165) is 5.56 Å². The van der Waals surface area contributed by atoms with Gasteiger partial charge < -0.3 is 14.4 Å². The number of aromatic carboxylic acids is 1. The van der Waals surface area contributed by atoms with Crippen molar-refractivity contribution in [2.45, 2.75) is 19.9 Å². The first kappa shape index (κ1) is 14.8. The van der Waals surface area contributed by atoms with Crippen molar-refractivity contribution in [3.05, 3.63) is 52.3 Å². The van der Waals surface area contributed by atoms with Crippen LogP contribution in [0.3, 0.4) is 0 Å². The van der Waals surface area contributed by atoms with Crippen molar-refractivity contribution in [3.8, 4) is 17.0 Å². The predicted octanol–water partition coefficient (Wildman–Crippen LogP) is 2.80. The molecule has 5 heteroatoms. The van der Waals surface area contributed by atoms with Gasteiger partial charge in [0.2, 0.25) is 0 Å². The first-order valence-corrected chi connectivity index (χ1v) is 6.59. The number of rotatable bonds is 4. The average Bonchev–Trinajstić information content (AvgIpc) is 2.46. The summed E-state index contributed by atoms with van der Waals surface area (Å²) in [6.07, 6.45) is 0. The van der Waals surface area contributed by atoms with Gasteiger partial charge in [0.15, 0.2) is 0 Å². The lowest BCUT2D eigenvalue weighted by molar-refractivity contribution is 0.0694. The molecule has 0 aliphatic heterocycles. The summed E-state index contributed by atoms with van der Waals surface area (Å²) >= 11 is 0. The predicted molar refractivity (Wildman–Crippen MR) is 80.0 cm³/mol. The van der Waals surface area contributed by atoms with Gasteiger partial charge in [-0.05, 0) is 38.1 Å². The standard InChI is InChI=1S/C16H17NO4/c1-10(2)17-14(8-7-13(15(17)18)16(19)20)11-5-4-6-12(9-11)21-3/h4-10H,1-3H3,(H,19,20). The van der Waals surface area contributed by atoms with Crippen molar-refractivity contribution in [1.82, 2.24) is 4.57 Å². The number of hydrogen-bond acceptors (Lipinski definition) is 3. The molecule has 110 valence electrons. The number of nitrogens with zero attached hydrogens (tertiary/aromatic N) is 1. The zero-order valence-corrected chi connectivity index (χ0v) is 12.2. The second kappa shape index (κ2) is 5.83. The molecular weight excluding hydrogens is 270 g/mol. The fourth-order valence-corrected chi connectivity index (χ4v) is 2.25. The van der Waals surface area contributed by atoms with Crippen LogP contribution in [0.15, 0.2) is 41.2 Å². The summed E-state index contributed by atoms with van der Waals surface area (Å²) in [4.78, 5) is 23.5. The van der Waals surface area contributed by atoms with Crippen LogP contribution in [-0.4, -0.2) is 22.8 Å². The minimum atomic E-state index is -1.22. The van der Waals surface area contributed by atoms with Gasteiger partial charge in [-0.2, -0.15) is 0 Å². The maximum Gasteiger partial charge on any atom is 0.341 e. The summed E-state index contributed by atoms with van der Waals surface area (Å²) in [7, 11) is 1.57. The SMILES string of the molecule is COc1cccc(-c2ccc(C(=O)O)c(=O)n2C(C)C)c1. The molecule has 1 N–H and O–H groups in total. The molecule has 0 radical (unpaired) electrons. The van der Waals surface area contributed by atoms with E-state index in [1.807, 2.05) is 38.1 Å². The molecule has 21 heavy (non-hydrogen) atoms. The van der Waals surface area contributed by atoms with Crippen LogP contribution in [0.1, 0.15) is 30.2 Å². The van der Waals surface area contributed by atoms with E-state index in [1.54, 1.807) is 13.2 Å². The van der Waals surface area contributed by atoms with E-state index in [1.165, 1.54) is 10.6 Å². The summed E-state index contributed by atoms with van der Waals surface area (Å²) in [6, 6.07) is 10.2. The Kier molecular flexibility index (Phi) is 4.12. The highest BCUT2D eigenvalue weighted by Gasteiger charge is 2.17. The smallest absolute Gasteiger partial charge is 0.341 e. The molecule has 0 saturated heterocycles. The number of carboxylic acids is 1. The number of aromatic nitrogens is 1. The summed E-state index contributed by atoms with van der Waals surface area (Å²) in [5.74, 6) is -0.538. The Morgan fingerprint density at radius 3 is 2.52 bits per heavy atom. The molecule has 0 unspecified atom stereocenters. The third kappa shape index (κ3) is 2.81. The van der Waals surface area contributed by atoms with E-state index < -0.39 is 11.5 Å². The van der Waals surface area contributed by atoms with Gasteiger partial charge in [0, 0.05) is 11.6 Å². The van der Waals surface area contributed by atoms with Gasteiger partial charge in [0.25, 0.3) is 5.56 Å². The molecule has 1 aromatic heterocycles. The zero-order chi connectivity index (χ0) is 15.6. The van der Waals surface area contributed by atoms with Gasteiger partial charge >= 0.3 is 5.97 Å². The van der Waals surface area contributed by atoms with Crippen molar-refractivity contribution in [1.29, 1.82) is 0 Å². The number of benzene rings is 1. The molecule has 1 aromatic carbocycles. The summed E-state index contributed by atoms with van der Waals surface area (Å²) in [5, 5.41) is 9.08. The molecular formula is C16H17NO4. The fraction of sp³-hybridized carbons (Fsp3) is 0.250. The van der Waals surface area contributed by atoms with Gasteiger partial charge in [0.1, 0.15) is 11.3 Å². The Morgan fingerprint density at radius 1 is 1.24 bits per heavy atom. The monoisotopic (exact) mass is 287 g/mol.